The predicted molar refractivity (Wildman–Crippen MR) is 129 cm³/mol. The first-order valence-corrected chi connectivity index (χ1v) is 10.2. The molecule has 0 heterocycles. The zero-order chi connectivity index (χ0) is 22.2. The second-order valence-electron chi connectivity index (χ2n) is 7.72. The maximum absolute atomic E-state index is 14.2. The highest BCUT2D eigenvalue weighted by atomic mass is 19.1. The molecule has 0 fully saturated rings. The minimum Gasteiger partial charge on any atom is -0.398 e. The number of nitrogens with two attached hydrogens (primary N) is 2. The molecule has 0 unspecified atom stereocenters. The van der Waals surface area contributed by atoms with Crippen LogP contribution >= 0.6 is 0 Å². The van der Waals surface area contributed by atoms with Crippen LogP contribution in [0, 0.1) is 11.6 Å². The molecule has 156 valence electrons. The molecule has 0 aliphatic carbocycles. The summed E-state index contributed by atoms with van der Waals surface area (Å²) in [5.74, 6) is -0.751. The van der Waals surface area contributed by atoms with Crippen molar-refractivity contribution >= 4 is 22.1 Å². The van der Waals surface area contributed by atoms with Gasteiger partial charge in [0.1, 0.15) is 11.6 Å². The maximum Gasteiger partial charge on any atom is 0.123 e. The van der Waals surface area contributed by atoms with Gasteiger partial charge in [-0.1, -0.05) is 66.7 Å². The Kier molecular flexibility index (Phi) is 4.83. The first-order valence-electron chi connectivity index (χ1n) is 10.2. The Balaban J connectivity index is 1.88. The summed E-state index contributed by atoms with van der Waals surface area (Å²) in [6, 6.07) is 28.2. The molecule has 0 radical (unpaired) electrons. The van der Waals surface area contributed by atoms with E-state index in [1.165, 1.54) is 24.3 Å². The van der Waals surface area contributed by atoms with Crippen molar-refractivity contribution in [3.05, 3.63) is 109 Å². The summed E-state index contributed by atoms with van der Waals surface area (Å²) < 4.78 is 28.2. The second kappa shape index (κ2) is 7.82. The molecule has 5 rings (SSSR count). The molecular weight excluding hydrogens is 402 g/mol. The Labute approximate surface area is 184 Å². The highest BCUT2D eigenvalue weighted by Gasteiger charge is 2.20. The Morgan fingerprint density at radius 3 is 1.91 bits per heavy atom. The largest absolute Gasteiger partial charge is 0.398 e. The Bertz CT molecular complexity index is 1470. The summed E-state index contributed by atoms with van der Waals surface area (Å²) in [5.41, 5.74) is 18.3. The van der Waals surface area contributed by atoms with Gasteiger partial charge in [0.05, 0.1) is 5.69 Å². The number of rotatable bonds is 3. The quantitative estimate of drug-likeness (QED) is 0.300. The lowest BCUT2D eigenvalue weighted by Gasteiger charge is -2.20. The standard InChI is InChI=1S/C28H20F2N2/c29-20-10-3-8-18(14-20)24-16-25(31)27(23-13-5-7-17-6-1-2-12-22(17)23)28(32)26(24)19-9-4-11-21(30)15-19/h1-16H,31-32H2. The molecule has 0 aromatic heterocycles. The van der Waals surface area contributed by atoms with Crippen molar-refractivity contribution in [3.63, 3.8) is 0 Å². The van der Waals surface area contributed by atoms with Gasteiger partial charge < -0.3 is 11.5 Å². The molecule has 0 saturated heterocycles. The van der Waals surface area contributed by atoms with Crippen LogP contribution in [0.1, 0.15) is 0 Å². The van der Waals surface area contributed by atoms with Crippen molar-refractivity contribution in [2.45, 2.75) is 0 Å². The maximum atomic E-state index is 14.2. The zero-order valence-corrected chi connectivity index (χ0v) is 17.1. The number of halogens is 2. The van der Waals surface area contributed by atoms with Crippen LogP contribution in [-0.4, -0.2) is 0 Å². The first kappa shape index (κ1) is 19.8. The average molecular weight is 422 g/mol. The van der Waals surface area contributed by atoms with Gasteiger partial charge in [0.15, 0.2) is 0 Å². The average Bonchev–Trinajstić information content (AvgIpc) is 2.79. The van der Waals surface area contributed by atoms with E-state index in [0.29, 0.717) is 39.2 Å². The van der Waals surface area contributed by atoms with Crippen LogP contribution in [0.15, 0.2) is 97.1 Å². The molecular formula is C28H20F2N2. The highest BCUT2D eigenvalue weighted by molar-refractivity contribution is 6.08. The zero-order valence-electron chi connectivity index (χ0n) is 17.1. The van der Waals surface area contributed by atoms with Crippen LogP contribution < -0.4 is 11.5 Å². The van der Waals surface area contributed by atoms with Gasteiger partial charge in [-0.2, -0.15) is 0 Å². The van der Waals surface area contributed by atoms with Gasteiger partial charge >= 0.3 is 0 Å². The molecule has 32 heavy (non-hydrogen) atoms. The van der Waals surface area contributed by atoms with E-state index in [0.717, 1.165) is 16.3 Å². The molecule has 0 saturated carbocycles. The molecule has 0 spiro atoms. The van der Waals surface area contributed by atoms with E-state index >= 15 is 0 Å². The van der Waals surface area contributed by atoms with Crippen LogP contribution in [-0.2, 0) is 0 Å². The molecule has 2 nitrogen and oxygen atoms in total. The smallest absolute Gasteiger partial charge is 0.123 e. The third kappa shape index (κ3) is 3.36. The lowest BCUT2D eigenvalue weighted by atomic mass is 9.86. The summed E-state index contributed by atoms with van der Waals surface area (Å²) >= 11 is 0. The molecule has 0 amide bonds. The molecule has 5 aromatic carbocycles. The molecule has 4 heteroatoms. The lowest BCUT2D eigenvalue weighted by molar-refractivity contribution is 0.627. The number of hydrogen-bond acceptors (Lipinski definition) is 2. The number of benzene rings is 5. The minimum atomic E-state index is -0.379. The molecule has 0 aliphatic rings. The topological polar surface area (TPSA) is 52.0 Å². The molecule has 0 atom stereocenters. The fourth-order valence-electron chi connectivity index (χ4n) is 4.31. The van der Waals surface area contributed by atoms with E-state index in [9.17, 15) is 8.78 Å². The van der Waals surface area contributed by atoms with Gasteiger partial charge in [-0.15, -0.1) is 0 Å². The number of fused-ring (bicyclic) bond motifs is 1. The molecule has 4 N–H and O–H groups in total. The summed E-state index contributed by atoms with van der Waals surface area (Å²) in [5, 5.41) is 2.07. The SMILES string of the molecule is Nc1cc(-c2cccc(F)c2)c(-c2cccc(F)c2)c(N)c1-c1cccc2ccccc12. The van der Waals surface area contributed by atoms with Crippen molar-refractivity contribution < 1.29 is 8.78 Å². The van der Waals surface area contributed by atoms with Gasteiger partial charge in [-0.3, -0.25) is 0 Å². The normalized spacial score (nSPS) is 11.1. The van der Waals surface area contributed by atoms with Crippen molar-refractivity contribution in [1.82, 2.24) is 0 Å². The van der Waals surface area contributed by atoms with E-state index in [2.05, 4.69) is 0 Å². The van der Waals surface area contributed by atoms with Crippen molar-refractivity contribution in [2.24, 2.45) is 0 Å². The van der Waals surface area contributed by atoms with E-state index in [1.807, 2.05) is 42.5 Å². The summed E-state index contributed by atoms with van der Waals surface area (Å²) in [4.78, 5) is 0. The van der Waals surface area contributed by atoms with Crippen molar-refractivity contribution in [2.75, 3.05) is 11.5 Å². The summed E-state index contributed by atoms with van der Waals surface area (Å²) in [6.07, 6.45) is 0. The number of nitrogen functional groups attached to an aromatic ring is 2. The van der Waals surface area contributed by atoms with Gasteiger partial charge in [0, 0.05) is 16.8 Å². The van der Waals surface area contributed by atoms with Gasteiger partial charge in [0.25, 0.3) is 0 Å². The van der Waals surface area contributed by atoms with Gasteiger partial charge in [-0.25, -0.2) is 8.78 Å². The Morgan fingerprint density at radius 1 is 0.531 bits per heavy atom. The molecule has 0 aliphatic heterocycles. The van der Waals surface area contributed by atoms with Crippen LogP contribution in [0.3, 0.4) is 0 Å². The first-order chi connectivity index (χ1) is 15.5. The van der Waals surface area contributed by atoms with Crippen LogP contribution in [0.25, 0.3) is 44.2 Å². The number of hydrogen-bond donors (Lipinski definition) is 2. The minimum absolute atomic E-state index is 0.372. The fraction of sp³-hybridized carbons (Fsp3) is 0. The lowest BCUT2D eigenvalue weighted by Crippen LogP contribution is -2.02. The highest BCUT2D eigenvalue weighted by Crippen LogP contribution is 2.46. The van der Waals surface area contributed by atoms with Crippen LogP contribution in [0.5, 0.6) is 0 Å². The van der Waals surface area contributed by atoms with Gasteiger partial charge in [-0.05, 0) is 63.4 Å². The third-order valence-corrected chi connectivity index (χ3v) is 5.70. The Morgan fingerprint density at radius 2 is 1.16 bits per heavy atom. The van der Waals surface area contributed by atoms with Crippen molar-refractivity contribution in [3.8, 4) is 33.4 Å². The third-order valence-electron chi connectivity index (χ3n) is 5.70. The summed E-state index contributed by atoms with van der Waals surface area (Å²) in [6.45, 7) is 0. The second-order valence-corrected chi connectivity index (χ2v) is 7.72. The van der Waals surface area contributed by atoms with E-state index in [-0.39, 0.29) is 11.6 Å². The molecule has 0 bridgehead atoms. The fourth-order valence-corrected chi connectivity index (χ4v) is 4.31. The Hall–Kier alpha value is -4.18. The van der Waals surface area contributed by atoms with E-state index in [1.54, 1.807) is 30.3 Å². The monoisotopic (exact) mass is 422 g/mol. The van der Waals surface area contributed by atoms with Crippen LogP contribution in [0.2, 0.25) is 0 Å². The van der Waals surface area contributed by atoms with Crippen LogP contribution in [0.4, 0.5) is 20.2 Å². The van der Waals surface area contributed by atoms with Gasteiger partial charge in [0.2, 0.25) is 0 Å². The van der Waals surface area contributed by atoms with Crippen molar-refractivity contribution in [1.29, 1.82) is 0 Å². The number of anilines is 2. The molecule has 5 aromatic rings. The van der Waals surface area contributed by atoms with E-state index < -0.39 is 0 Å². The predicted octanol–water partition coefficient (Wildman–Crippen LogP) is 7.28. The van der Waals surface area contributed by atoms with E-state index in [4.69, 9.17) is 11.5 Å². The summed E-state index contributed by atoms with van der Waals surface area (Å²) in [7, 11) is 0.